The zero-order chi connectivity index (χ0) is 20.7. The molecule has 1 heterocycles. The van der Waals surface area contributed by atoms with Gasteiger partial charge in [0.15, 0.2) is 0 Å². The van der Waals surface area contributed by atoms with Crippen LogP contribution in [0.2, 0.25) is 0 Å². The first-order valence-corrected chi connectivity index (χ1v) is 11.2. The molecule has 1 nitrogen and oxygen atoms in total. The van der Waals surface area contributed by atoms with E-state index >= 15 is 0 Å². The van der Waals surface area contributed by atoms with E-state index in [9.17, 15) is 0 Å². The van der Waals surface area contributed by atoms with Crippen molar-refractivity contribution in [3.05, 3.63) is 96.6 Å². The Morgan fingerprint density at radius 2 is 1.40 bits per heavy atom. The molecule has 148 valence electrons. The topological polar surface area (TPSA) is 12.0 Å². The Balaban J connectivity index is 1.59. The number of fused-ring (bicyclic) bond motifs is 3. The van der Waals surface area contributed by atoms with Crippen LogP contribution in [0.1, 0.15) is 26.3 Å². The summed E-state index contributed by atoms with van der Waals surface area (Å²) in [6.45, 7) is 6.79. The Morgan fingerprint density at radius 1 is 0.667 bits per heavy atom. The molecule has 0 aliphatic carbocycles. The quantitative estimate of drug-likeness (QED) is 0.315. The summed E-state index contributed by atoms with van der Waals surface area (Å²) in [6.07, 6.45) is 0. The van der Waals surface area contributed by atoms with E-state index in [1.807, 2.05) is 11.3 Å². The zero-order valence-corrected chi connectivity index (χ0v) is 18.4. The summed E-state index contributed by atoms with van der Waals surface area (Å²) in [5.41, 5.74) is 6.17. The third-order valence-corrected chi connectivity index (χ3v) is 6.76. The average Bonchev–Trinajstić information content (AvgIpc) is 3.11. The monoisotopic (exact) mass is 407 g/mol. The third-order valence-electron chi connectivity index (χ3n) is 5.63. The van der Waals surface area contributed by atoms with Crippen LogP contribution in [0.4, 0.5) is 11.4 Å². The van der Waals surface area contributed by atoms with E-state index < -0.39 is 0 Å². The van der Waals surface area contributed by atoms with Gasteiger partial charge < -0.3 is 5.32 Å². The number of benzene rings is 4. The highest BCUT2D eigenvalue weighted by Crippen LogP contribution is 2.38. The summed E-state index contributed by atoms with van der Waals surface area (Å²) >= 11 is 1.85. The van der Waals surface area contributed by atoms with Gasteiger partial charge in [-0.2, -0.15) is 0 Å². The van der Waals surface area contributed by atoms with Crippen LogP contribution < -0.4 is 5.32 Å². The van der Waals surface area contributed by atoms with Gasteiger partial charge in [0.1, 0.15) is 0 Å². The van der Waals surface area contributed by atoms with Gasteiger partial charge in [0.25, 0.3) is 0 Å². The summed E-state index contributed by atoms with van der Waals surface area (Å²) in [4.78, 5) is 0. The smallest absolute Gasteiger partial charge is 0.0464 e. The molecule has 1 aromatic heterocycles. The average molecular weight is 408 g/mol. The first kappa shape index (κ1) is 18.9. The normalized spacial score (nSPS) is 11.8. The molecule has 0 unspecified atom stereocenters. The van der Waals surface area contributed by atoms with Crippen molar-refractivity contribution in [3.63, 3.8) is 0 Å². The molecule has 1 N–H and O–H groups in total. The van der Waals surface area contributed by atoms with Gasteiger partial charge in [0.2, 0.25) is 0 Å². The number of anilines is 2. The lowest BCUT2D eigenvalue weighted by molar-refractivity contribution is 0.590. The van der Waals surface area contributed by atoms with Crippen LogP contribution >= 0.6 is 11.3 Å². The largest absolute Gasteiger partial charge is 0.355 e. The van der Waals surface area contributed by atoms with Crippen molar-refractivity contribution in [2.75, 3.05) is 5.32 Å². The van der Waals surface area contributed by atoms with Crippen molar-refractivity contribution in [2.24, 2.45) is 0 Å². The third kappa shape index (κ3) is 3.48. The molecule has 0 bridgehead atoms. The molecule has 5 rings (SSSR count). The van der Waals surface area contributed by atoms with Crippen LogP contribution in [0.25, 0.3) is 31.3 Å². The summed E-state index contributed by atoms with van der Waals surface area (Å²) < 4.78 is 2.65. The maximum Gasteiger partial charge on any atom is 0.0464 e. The lowest BCUT2D eigenvalue weighted by Gasteiger charge is -2.22. The van der Waals surface area contributed by atoms with Crippen LogP contribution in [0.15, 0.2) is 91.0 Å². The molecule has 0 radical (unpaired) electrons. The number of nitrogens with one attached hydrogen (secondary N) is 1. The Morgan fingerprint density at radius 3 is 2.20 bits per heavy atom. The van der Waals surface area contributed by atoms with Gasteiger partial charge in [-0.15, -0.1) is 11.3 Å². The van der Waals surface area contributed by atoms with E-state index in [0.717, 1.165) is 11.4 Å². The van der Waals surface area contributed by atoms with Gasteiger partial charge in [-0.05, 0) is 46.9 Å². The highest BCUT2D eigenvalue weighted by atomic mass is 32.1. The maximum atomic E-state index is 3.69. The van der Waals surface area contributed by atoms with Gasteiger partial charge in [0, 0.05) is 37.1 Å². The lowest BCUT2D eigenvalue weighted by Crippen LogP contribution is -2.11. The Kier molecular flexibility index (Phi) is 4.60. The van der Waals surface area contributed by atoms with Crippen molar-refractivity contribution < 1.29 is 0 Å². The Hall–Kier alpha value is -3.10. The lowest BCUT2D eigenvalue weighted by atomic mass is 9.85. The predicted octanol–water partition coefficient (Wildman–Crippen LogP) is 8.76. The molecule has 0 spiro atoms. The van der Waals surface area contributed by atoms with Gasteiger partial charge in [-0.1, -0.05) is 81.4 Å². The molecule has 0 aliphatic heterocycles. The first-order valence-electron chi connectivity index (χ1n) is 10.4. The van der Waals surface area contributed by atoms with Gasteiger partial charge in [0.05, 0.1) is 0 Å². The van der Waals surface area contributed by atoms with Crippen LogP contribution in [-0.4, -0.2) is 0 Å². The maximum absolute atomic E-state index is 3.69. The zero-order valence-electron chi connectivity index (χ0n) is 17.6. The minimum Gasteiger partial charge on any atom is -0.355 e. The molecule has 5 aromatic rings. The summed E-state index contributed by atoms with van der Waals surface area (Å²) in [5, 5.41) is 6.36. The Bertz CT molecular complexity index is 1340. The number of hydrogen-bond donors (Lipinski definition) is 1. The molecular formula is C28H25NS. The summed E-state index contributed by atoms with van der Waals surface area (Å²) in [5.74, 6) is 0. The minimum atomic E-state index is 0.109. The van der Waals surface area contributed by atoms with Crippen LogP contribution in [-0.2, 0) is 5.41 Å². The number of thiophene rings is 1. The van der Waals surface area contributed by atoms with Crippen LogP contribution in [0.3, 0.4) is 0 Å². The number of hydrogen-bond acceptors (Lipinski definition) is 2. The molecule has 0 saturated heterocycles. The fourth-order valence-corrected chi connectivity index (χ4v) is 5.08. The predicted molar refractivity (Wildman–Crippen MR) is 133 cm³/mol. The molecule has 2 heteroatoms. The fraction of sp³-hybridized carbons (Fsp3) is 0.143. The highest BCUT2D eigenvalue weighted by molar-refractivity contribution is 7.25. The molecule has 30 heavy (non-hydrogen) atoms. The second-order valence-electron chi connectivity index (χ2n) is 8.81. The SMILES string of the molecule is CC(C)(C)c1ccc(Nc2ccc3c(c2)sc2ccccc23)c(-c2ccccc2)c1. The molecule has 4 aromatic carbocycles. The second kappa shape index (κ2) is 7.30. The van der Waals surface area contributed by atoms with Crippen molar-refractivity contribution in [3.8, 4) is 11.1 Å². The summed E-state index contributed by atoms with van der Waals surface area (Å²) in [7, 11) is 0. The molecule has 0 aliphatic rings. The van der Waals surface area contributed by atoms with E-state index in [1.54, 1.807) is 0 Å². The van der Waals surface area contributed by atoms with Crippen molar-refractivity contribution in [2.45, 2.75) is 26.2 Å². The molecule has 0 atom stereocenters. The second-order valence-corrected chi connectivity index (χ2v) is 9.89. The standard InChI is InChI=1S/C28H25NS/c1-28(2,3)20-13-16-25(24(17-20)19-9-5-4-6-10-19)29-21-14-15-23-22-11-7-8-12-26(22)30-27(23)18-21/h4-18,29H,1-3H3. The van der Waals surface area contributed by atoms with Crippen molar-refractivity contribution >= 4 is 42.9 Å². The Labute approximate surface area is 182 Å². The van der Waals surface area contributed by atoms with E-state index in [0.29, 0.717) is 0 Å². The summed E-state index contributed by atoms with van der Waals surface area (Å²) in [6, 6.07) is 32.8. The van der Waals surface area contributed by atoms with E-state index in [-0.39, 0.29) is 5.41 Å². The number of rotatable bonds is 3. The molecule has 0 saturated carbocycles. The molecule has 0 amide bonds. The van der Waals surface area contributed by atoms with Gasteiger partial charge in [-0.25, -0.2) is 0 Å². The molecule has 0 fully saturated rings. The van der Waals surface area contributed by atoms with Crippen molar-refractivity contribution in [1.82, 2.24) is 0 Å². The van der Waals surface area contributed by atoms with Crippen LogP contribution in [0.5, 0.6) is 0 Å². The fourth-order valence-electron chi connectivity index (χ4n) is 3.94. The van der Waals surface area contributed by atoms with Crippen LogP contribution in [0, 0.1) is 0 Å². The van der Waals surface area contributed by atoms with E-state index in [4.69, 9.17) is 0 Å². The van der Waals surface area contributed by atoms with E-state index in [2.05, 4.69) is 117 Å². The van der Waals surface area contributed by atoms with E-state index in [1.165, 1.54) is 36.9 Å². The molecular weight excluding hydrogens is 382 g/mol. The van der Waals surface area contributed by atoms with Gasteiger partial charge >= 0.3 is 0 Å². The highest BCUT2D eigenvalue weighted by Gasteiger charge is 2.16. The van der Waals surface area contributed by atoms with Crippen molar-refractivity contribution in [1.29, 1.82) is 0 Å². The first-order chi connectivity index (χ1) is 14.5. The minimum absolute atomic E-state index is 0.109. The van der Waals surface area contributed by atoms with Gasteiger partial charge in [-0.3, -0.25) is 0 Å².